The van der Waals surface area contributed by atoms with Gasteiger partial charge >= 0.3 is 5.97 Å². The predicted molar refractivity (Wildman–Crippen MR) is 103 cm³/mol. The molecule has 0 amide bonds. The van der Waals surface area contributed by atoms with Gasteiger partial charge in [-0.1, -0.05) is 19.3 Å². The number of hydrogen-bond donors (Lipinski definition) is 1. The van der Waals surface area contributed by atoms with Crippen molar-refractivity contribution in [3.63, 3.8) is 0 Å². The third-order valence-corrected chi connectivity index (χ3v) is 5.22. The van der Waals surface area contributed by atoms with Crippen molar-refractivity contribution in [2.45, 2.75) is 51.5 Å². The molecule has 6 nitrogen and oxygen atoms in total. The number of rotatable bonds is 7. The third-order valence-electron chi connectivity index (χ3n) is 5.22. The molecule has 0 radical (unpaired) electrons. The van der Waals surface area contributed by atoms with Gasteiger partial charge in [-0.2, -0.15) is 0 Å². The number of carbonyl (C=O) groups is 1. The molecular weight excluding hydrogens is 328 g/mol. The maximum Gasteiger partial charge on any atom is 0.330 e. The van der Waals surface area contributed by atoms with E-state index in [0.717, 1.165) is 31.0 Å². The van der Waals surface area contributed by atoms with Crippen LogP contribution in [0.2, 0.25) is 0 Å². The summed E-state index contributed by atoms with van der Waals surface area (Å²) < 4.78 is 4.86. The van der Waals surface area contributed by atoms with Crippen LogP contribution in [0, 0.1) is 5.92 Å². The molecule has 0 spiro atoms. The number of likely N-dealkylation sites (tertiary alicyclic amines) is 1. The Bertz CT molecular complexity index is 596. The van der Waals surface area contributed by atoms with Gasteiger partial charge in [-0.15, -0.1) is 0 Å². The van der Waals surface area contributed by atoms with Crippen molar-refractivity contribution in [1.82, 2.24) is 14.9 Å². The largest absolute Gasteiger partial charge is 0.463 e. The summed E-state index contributed by atoms with van der Waals surface area (Å²) >= 11 is 0. The maximum atomic E-state index is 11.3. The van der Waals surface area contributed by atoms with Crippen LogP contribution >= 0.6 is 0 Å². The van der Waals surface area contributed by atoms with Crippen LogP contribution in [0.15, 0.2) is 18.5 Å². The number of anilines is 1. The van der Waals surface area contributed by atoms with Crippen molar-refractivity contribution in [3.05, 3.63) is 24.0 Å². The van der Waals surface area contributed by atoms with E-state index in [0.29, 0.717) is 18.6 Å². The van der Waals surface area contributed by atoms with Crippen LogP contribution in [-0.2, 0) is 9.53 Å². The highest BCUT2D eigenvalue weighted by Crippen LogP contribution is 2.26. The van der Waals surface area contributed by atoms with E-state index in [1.807, 2.05) is 0 Å². The molecule has 1 aliphatic heterocycles. The topological polar surface area (TPSA) is 67.3 Å². The van der Waals surface area contributed by atoms with E-state index < -0.39 is 0 Å². The average molecular weight is 358 g/mol. The van der Waals surface area contributed by atoms with Gasteiger partial charge in [0.2, 0.25) is 5.95 Å². The van der Waals surface area contributed by atoms with E-state index in [1.54, 1.807) is 25.4 Å². The summed E-state index contributed by atoms with van der Waals surface area (Å²) in [5.74, 6) is 1.20. The molecule has 142 valence electrons. The molecule has 2 fully saturated rings. The lowest BCUT2D eigenvalue weighted by atomic mass is 9.89. The zero-order chi connectivity index (χ0) is 18.2. The lowest BCUT2D eigenvalue weighted by Gasteiger charge is -2.26. The van der Waals surface area contributed by atoms with Gasteiger partial charge in [0, 0.05) is 49.7 Å². The van der Waals surface area contributed by atoms with E-state index in [4.69, 9.17) is 4.74 Å². The maximum absolute atomic E-state index is 11.3. The normalized spacial score (nSPS) is 22.0. The molecule has 0 unspecified atom stereocenters. The number of aromatic nitrogens is 2. The summed E-state index contributed by atoms with van der Waals surface area (Å²) in [5, 5.41) is 3.44. The monoisotopic (exact) mass is 358 g/mol. The lowest BCUT2D eigenvalue weighted by Crippen LogP contribution is -2.31. The van der Waals surface area contributed by atoms with Crippen LogP contribution in [-0.4, -0.2) is 53.1 Å². The predicted octanol–water partition coefficient (Wildman–Crippen LogP) is 3.12. The molecule has 0 bridgehead atoms. The SMILES string of the molecule is CCOC(=O)/C=C/c1cnc(N[C@@H]2CCN(CC3CCCCC3)C2)nc1. The first-order chi connectivity index (χ1) is 12.7. The molecule has 3 rings (SSSR count). The number of nitrogens with one attached hydrogen (secondary N) is 1. The zero-order valence-electron chi connectivity index (χ0n) is 15.7. The Balaban J connectivity index is 1.43. The summed E-state index contributed by atoms with van der Waals surface area (Å²) in [5.41, 5.74) is 0.786. The first kappa shape index (κ1) is 18.8. The van der Waals surface area contributed by atoms with Crippen molar-refractivity contribution >= 4 is 18.0 Å². The molecule has 2 heterocycles. The highest BCUT2D eigenvalue weighted by atomic mass is 16.5. The zero-order valence-corrected chi connectivity index (χ0v) is 15.7. The van der Waals surface area contributed by atoms with E-state index in [-0.39, 0.29) is 5.97 Å². The summed E-state index contributed by atoms with van der Waals surface area (Å²) in [7, 11) is 0. The second-order valence-corrected chi connectivity index (χ2v) is 7.32. The number of nitrogens with zero attached hydrogens (tertiary/aromatic N) is 3. The van der Waals surface area contributed by atoms with E-state index in [9.17, 15) is 4.79 Å². The van der Waals surface area contributed by atoms with Crippen LogP contribution < -0.4 is 5.32 Å². The second-order valence-electron chi connectivity index (χ2n) is 7.32. The van der Waals surface area contributed by atoms with Crippen LogP contribution in [0.5, 0.6) is 0 Å². The number of esters is 1. The average Bonchev–Trinajstić information content (AvgIpc) is 3.09. The summed E-state index contributed by atoms with van der Waals surface area (Å²) in [4.78, 5) is 22.6. The minimum atomic E-state index is -0.348. The molecule has 2 aliphatic rings. The van der Waals surface area contributed by atoms with Crippen molar-refractivity contribution in [2.75, 3.05) is 31.6 Å². The first-order valence-electron chi connectivity index (χ1n) is 9.88. The van der Waals surface area contributed by atoms with Crippen molar-refractivity contribution in [1.29, 1.82) is 0 Å². The van der Waals surface area contributed by atoms with Gasteiger partial charge in [-0.25, -0.2) is 14.8 Å². The highest BCUT2D eigenvalue weighted by Gasteiger charge is 2.25. The molecule has 1 N–H and O–H groups in total. The molecular formula is C20H30N4O2. The highest BCUT2D eigenvalue weighted by molar-refractivity contribution is 5.86. The van der Waals surface area contributed by atoms with E-state index >= 15 is 0 Å². The van der Waals surface area contributed by atoms with E-state index in [2.05, 4.69) is 20.2 Å². The van der Waals surface area contributed by atoms with Gasteiger partial charge in [0.05, 0.1) is 6.61 Å². The Morgan fingerprint density at radius 1 is 1.27 bits per heavy atom. The fourth-order valence-electron chi connectivity index (χ4n) is 3.89. The van der Waals surface area contributed by atoms with Gasteiger partial charge in [-0.05, 0) is 38.2 Å². The molecule has 1 aliphatic carbocycles. The van der Waals surface area contributed by atoms with Crippen molar-refractivity contribution < 1.29 is 9.53 Å². The van der Waals surface area contributed by atoms with Crippen LogP contribution in [0.1, 0.15) is 51.0 Å². The Hall–Kier alpha value is -1.95. The quantitative estimate of drug-likeness (QED) is 0.597. The molecule has 6 heteroatoms. The Morgan fingerprint density at radius 2 is 2.04 bits per heavy atom. The fourth-order valence-corrected chi connectivity index (χ4v) is 3.89. The molecule has 0 aromatic carbocycles. The second kappa shape index (κ2) is 9.67. The Labute approximate surface area is 156 Å². The van der Waals surface area contributed by atoms with Crippen molar-refractivity contribution in [2.24, 2.45) is 5.92 Å². The number of carbonyl (C=O) groups excluding carboxylic acids is 1. The molecule has 26 heavy (non-hydrogen) atoms. The minimum absolute atomic E-state index is 0.348. The van der Waals surface area contributed by atoms with Crippen molar-refractivity contribution in [3.8, 4) is 0 Å². The Kier molecular flexibility index (Phi) is 7.00. The Morgan fingerprint density at radius 3 is 2.77 bits per heavy atom. The summed E-state index contributed by atoms with van der Waals surface area (Å²) in [6.07, 6.45) is 14.7. The number of ether oxygens (including phenoxy) is 1. The van der Waals surface area contributed by atoms with Gasteiger partial charge in [-0.3, -0.25) is 0 Å². The summed E-state index contributed by atoms with van der Waals surface area (Å²) in [6.45, 7) is 5.64. The molecule has 1 aromatic heterocycles. The van der Waals surface area contributed by atoms with Crippen LogP contribution in [0.3, 0.4) is 0 Å². The third kappa shape index (κ3) is 5.80. The van der Waals surface area contributed by atoms with E-state index in [1.165, 1.54) is 44.7 Å². The van der Waals surface area contributed by atoms with Crippen LogP contribution in [0.25, 0.3) is 6.08 Å². The van der Waals surface area contributed by atoms with Gasteiger partial charge in [0.15, 0.2) is 0 Å². The van der Waals surface area contributed by atoms with Crippen LogP contribution in [0.4, 0.5) is 5.95 Å². The minimum Gasteiger partial charge on any atom is -0.463 e. The lowest BCUT2D eigenvalue weighted by molar-refractivity contribution is -0.137. The molecule has 1 saturated heterocycles. The fraction of sp³-hybridized carbons (Fsp3) is 0.650. The first-order valence-corrected chi connectivity index (χ1v) is 9.88. The molecule has 1 atom stereocenters. The van der Waals surface area contributed by atoms with Gasteiger partial charge in [0.1, 0.15) is 0 Å². The number of hydrogen-bond acceptors (Lipinski definition) is 6. The van der Waals surface area contributed by atoms with Gasteiger partial charge < -0.3 is 15.0 Å². The smallest absolute Gasteiger partial charge is 0.330 e. The standard InChI is InChI=1S/C20H30N4O2/c1-2-26-19(25)9-8-17-12-21-20(22-13-17)23-18-10-11-24(15-18)14-16-6-4-3-5-7-16/h8-9,12-13,16,18H,2-7,10-11,14-15H2,1H3,(H,21,22,23)/b9-8+/t18-/m1/s1. The summed E-state index contributed by atoms with van der Waals surface area (Å²) in [6, 6.07) is 0.416. The molecule has 1 aromatic rings. The molecule has 1 saturated carbocycles. The van der Waals surface area contributed by atoms with Gasteiger partial charge in [0.25, 0.3) is 0 Å².